The number of benzene rings is 2. The standard InChI is InChI=1S/C22H26N2O3/c1-4-15-7-6-8-16(5-2)21(15)23-22(26)17-13-20(25)24(14-17)18-9-11-19(27-3)12-10-18/h6-12,17H,4-5,13-14H2,1-3H3,(H,23,26)/t17-/m1/s1. The Kier molecular flexibility index (Phi) is 5.79. The molecule has 142 valence electrons. The Balaban J connectivity index is 1.74. The van der Waals surface area contributed by atoms with Gasteiger partial charge in [0, 0.05) is 24.3 Å². The van der Waals surface area contributed by atoms with Crippen LogP contribution in [0.15, 0.2) is 42.5 Å². The molecule has 0 aliphatic carbocycles. The first-order valence-electron chi connectivity index (χ1n) is 9.43. The van der Waals surface area contributed by atoms with Gasteiger partial charge in [-0.15, -0.1) is 0 Å². The molecule has 1 fully saturated rings. The zero-order valence-electron chi connectivity index (χ0n) is 16.1. The van der Waals surface area contributed by atoms with Gasteiger partial charge in [0.25, 0.3) is 0 Å². The topological polar surface area (TPSA) is 58.6 Å². The number of methoxy groups -OCH3 is 1. The van der Waals surface area contributed by atoms with Crippen molar-refractivity contribution < 1.29 is 14.3 Å². The Bertz CT molecular complexity index is 808. The van der Waals surface area contributed by atoms with Crippen LogP contribution in [0.2, 0.25) is 0 Å². The molecule has 0 spiro atoms. The van der Waals surface area contributed by atoms with Crippen molar-refractivity contribution in [2.24, 2.45) is 5.92 Å². The van der Waals surface area contributed by atoms with E-state index in [1.165, 1.54) is 0 Å². The molecule has 2 aromatic rings. The van der Waals surface area contributed by atoms with E-state index in [9.17, 15) is 9.59 Å². The molecule has 5 nitrogen and oxygen atoms in total. The van der Waals surface area contributed by atoms with Gasteiger partial charge in [0.2, 0.25) is 11.8 Å². The van der Waals surface area contributed by atoms with Gasteiger partial charge in [0.05, 0.1) is 13.0 Å². The summed E-state index contributed by atoms with van der Waals surface area (Å²) >= 11 is 0. The number of rotatable bonds is 6. The molecule has 0 bridgehead atoms. The fourth-order valence-electron chi connectivity index (χ4n) is 3.52. The Hall–Kier alpha value is -2.82. The van der Waals surface area contributed by atoms with Crippen molar-refractivity contribution in [1.29, 1.82) is 0 Å². The monoisotopic (exact) mass is 366 g/mol. The van der Waals surface area contributed by atoms with Gasteiger partial charge in [-0.25, -0.2) is 0 Å². The van der Waals surface area contributed by atoms with Crippen molar-refractivity contribution in [2.75, 3.05) is 23.9 Å². The minimum absolute atomic E-state index is 0.0280. The summed E-state index contributed by atoms with van der Waals surface area (Å²) in [7, 11) is 1.61. The molecule has 27 heavy (non-hydrogen) atoms. The SMILES string of the molecule is CCc1cccc(CC)c1NC(=O)[C@@H]1CC(=O)N(c2ccc(OC)cc2)C1. The Morgan fingerprint density at radius 1 is 1.11 bits per heavy atom. The van der Waals surface area contributed by atoms with Crippen molar-refractivity contribution in [2.45, 2.75) is 33.1 Å². The average molecular weight is 366 g/mol. The zero-order valence-corrected chi connectivity index (χ0v) is 16.1. The first-order valence-corrected chi connectivity index (χ1v) is 9.43. The van der Waals surface area contributed by atoms with Gasteiger partial charge in [0.1, 0.15) is 5.75 Å². The Labute approximate surface area is 160 Å². The van der Waals surface area contributed by atoms with E-state index in [2.05, 4.69) is 19.2 Å². The van der Waals surface area contributed by atoms with Crippen LogP contribution in [0, 0.1) is 5.92 Å². The van der Waals surface area contributed by atoms with Crippen LogP contribution in [-0.4, -0.2) is 25.5 Å². The molecule has 1 heterocycles. The third-order valence-corrected chi connectivity index (χ3v) is 5.13. The van der Waals surface area contributed by atoms with E-state index in [0.29, 0.717) is 6.54 Å². The number of ether oxygens (including phenoxy) is 1. The fraction of sp³-hybridized carbons (Fsp3) is 0.364. The van der Waals surface area contributed by atoms with Gasteiger partial charge in [-0.05, 0) is 48.2 Å². The van der Waals surface area contributed by atoms with E-state index >= 15 is 0 Å². The highest BCUT2D eigenvalue weighted by molar-refractivity contribution is 6.04. The summed E-state index contributed by atoms with van der Waals surface area (Å²) in [6, 6.07) is 13.4. The van der Waals surface area contributed by atoms with Crippen LogP contribution in [0.25, 0.3) is 0 Å². The number of anilines is 2. The third kappa shape index (κ3) is 3.97. The van der Waals surface area contributed by atoms with E-state index < -0.39 is 0 Å². The fourth-order valence-corrected chi connectivity index (χ4v) is 3.52. The molecule has 1 aliphatic rings. The van der Waals surface area contributed by atoms with Gasteiger partial charge < -0.3 is 15.0 Å². The van der Waals surface area contributed by atoms with Gasteiger partial charge in [-0.3, -0.25) is 9.59 Å². The van der Waals surface area contributed by atoms with E-state index in [4.69, 9.17) is 4.74 Å². The molecule has 1 atom stereocenters. The second-order valence-corrected chi connectivity index (χ2v) is 6.75. The quantitative estimate of drug-likeness (QED) is 0.846. The molecular formula is C22H26N2O3. The number of amides is 2. The third-order valence-electron chi connectivity index (χ3n) is 5.13. The van der Waals surface area contributed by atoms with Crippen molar-refractivity contribution >= 4 is 23.2 Å². The normalized spacial score (nSPS) is 16.5. The van der Waals surface area contributed by atoms with Crippen LogP contribution in [-0.2, 0) is 22.4 Å². The first kappa shape index (κ1) is 19.0. The van der Waals surface area contributed by atoms with Crippen LogP contribution in [0.1, 0.15) is 31.4 Å². The van der Waals surface area contributed by atoms with Crippen LogP contribution in [0.5, 0.6) is 5.75 Å². The number of hydrogen-bond donors (Lipinski definition) is 1. The molecule has 0 saturated carbocycles. The zero-order chi connectivity index (χ0) is 19.4. The molecule has 2 amide bonds. The first-order chi connectivity index (χ1) is 13.1. The molecule has 0 radical (unpaired) electrons. The lowest BCUT2D eigenvalue weighted by Crippen LogP contribution is -2.28. The molecule has 1 aliphatic heterocycles. The maximum absolute atomic E-state index is 12.9. The molecular weight excluding hydrogens is 340 g/mol. The maximum Gasteiger partial charge on any atom is 0.229 e. The highest BCUT2D eigenvalue weighted by Gasteiger charge is 2.35. The van der Waals surface area contributed by atoms with Crippen molar-refractivity contribution in [3.05, 3.63) is 53.6 Å². The van der Waals surface area contributed by atoms with Crippen molar-refractivity contribution in [3.8, 4) is 5.75 Å². The molecule has 1 saturated heterocycles. The lowest BCUT2D eigenvalue weighted by atomic mass is 10.0. The second kappa shape index (κ2) is 8.25. The van der Waals surface area contributed by atoms with Crippen molar-refractivity contribution in [1.82, 2.24) is 0 Å². The molecule has 3 rings (SSSR count). The smallest absolute Gasteiger partial charge is 0.229 e. The molecule has 2 aromatic carbocycles. The number of carbonyl (C=O) groups excluding carboxylic acids is 2. The highest BCUT2D eigenvalue weighted by Crippen LogP contribution is 2.29. The van der Waals surface area contributed by atoms with Gasteiger partial charge >= 0.3 is 0 Å². The highest BCUT2D eigenvalue weighted by atomic mass is 16.5. The predicted molar refractivity (Wildman–Crippen MR) is 107 cm³/mol. The largest absolute Gasteiger partial charge is 0.497 e. The summed E-state index contributed by atoms with van der Waals surface area (Å²) in [5, 5.41) is 3.10. The number of nitrogens with one attached hydrogen (secondary N) is 1. The number of para-hydroxylation sites is 1. The van der Waals surface area contributed by atoms with Crippen LogP contribution in [0.4, 0.5) is 11.4 Å². The minimum Gasteiger partial charge on any atom is -0.497 e. The van der Waals surface area contributed by atoms with Crippen LogP contribution in [0.3, 0.4) is 0 Å². The van der Waals surface area contributed by atoms with E-state index in [1.807, 2.05) is 42.5 Å². The molecule has 5 heteroatoms. The minimum atomic E-state index is -0.353. The molecule has 0 aromatic heterocycles. The number of hydrogen-bond acceptors (Lipinski definition) is 3. The van der Waals surface area contributed by atoms with E-state index in [-0.39, 0.29) is 24.2 Å². The summed E-state index contributed by atoms with van der Waals surface area (Å²) in [5.74, 6) is 0.270. The summed E-state index contributed by atoms with van der Waals surface area (Å²) in [6.45, 7) is 4.55. The lowest BCUT2D eigenvalue weighted by Gasteiger charge is -2.18. The molecule has 1 N–H and O–H groups in total. The van der Waals surface area contributed by atoms with Crippen molar-refractivity contribution in [3.63, 3.8) is 0 Å². The molecule has 0 unspecified atom stereocenters. The number of nitrogens with zero attached hydrogens (tertiary/aromatic N) is 1. The van der Waals surface area contributed by atoms with Crippen LogP contribution >= 0.6 is 0 Å². The summed E-state index contributed by atoms with van der Waals surface area (Å²) in [5.41, 5.74) is 3.94. The Morgan fingerprint density at radius 3 is 2.30 bits per heavy atom. The van der Waals surface area contributed by atoms with Crippen LogP contribution < -0.4 is 15.0 Å². The van der Waals surface area contributed by atoms with Gasteiger partial charge in [-0.1, -0.05) is 32.0 Å². The number of carbonyl (C=O) groups is 2. The maximum atomic E-state index is 12.9. The lowest BCUT2D eigenvalue weighted by molar-refractivity contribution is -0.122. The Morgan fingerprint density at radius 2 is 1.74 bits per heavy atom. The summed E-state index contributed by atoms with van der Waals surface area (Å²) in [4.78, 5) is 27.0. The summed E-state index contributed by atoms with van der Waals surface area (Å²) in [6.07, 6.45) is 1.93. The van der Waals surface area contributed by atoms with E-state index in [0.717, 1.165) is 41.1 Å². The second-order valence-electron chi connectivity index (χ2n) is 6.75. The number of aryl methyl sites for hydroxylation is 2. The average Bonchev–Trinajstić information content (AvgIpc) is 3.10. The van der Waals surface area contributed by atoms with E-state index in [1.54, 1.807) is 12.0 Å². The predicted octanol–water partition coefficient (Wildman–Crippen LogP) is 3.81. The van der Waals surface area contributed by atoms with Gasteiger partial charge in [-0.2, -0.15) is 0 Å². The van der Waals surface area contributed by atoms with Gasteiger partial charge in [0.15, 0.2) is 0 Å². The summed E-state index contributed by atoms with van der Waals surface area (Å²) < 4.78 is 5.16.